The van der Waals surface area contributed by atoms with Crippen LogP contribution in [0.3, 0.4) is 0 Å². The Morgan fingerprint density at radius 2 is 1.43 bits per heavy atom. The Bertz CT molecular complexity index is 77.7. The highest BCUT2D eigenvalue weighted by Gasteiger charge is 1.99. The molecule has 0 unspecified atom stereocenters. The summed E-state index contributed by atoms with van der Waals surface area (Å²) in [5.74, 6) is 0. The normalized spacial score (nSPS) is 12.9. The van der Waals surface area contributed by atoms with E-state index in [1.54, 1.807) is 0 Å². The lowest BCUT2D eigenvalue weighted by Gasteiger charge is -2.15. The lowest BCUT2D eigenvalue weighted by Crippen LogP contribution is -2.13. The van der Waals surface area contributed by atoms with Crippen molar-refractivity contribution < 1.29 is 0 Å². The minimum atomic E-state index is -2.13. The van der Waals surface area contributed by atoms with Gasteiger partial charge in [0.2, 0.25) is 0 Å². The lowest BCUT2D eigenvalue weighted by molar-refractivity contribution is 1.61. The SMILES string of the molecule is C=NS(N)(N)N=C. The first-order chi connectivity index (χ1) is 3.12. The van der Waals surface area contributed by atoms with Crippen LogP contribution in [0.5, 0.6) is 0 Å². The van der Waals surface area contributed by atoms with E-state index in [4.69, 9.17) is 10.3 Å². The van der Waals surface area contributed by atoms with Gasteiger partial charge < -0.3 is 0 Å². The van der Waals surface area contributed by atoms with E-state index in [0.717, 1.165) is 0 Å². The fourth-order valence-electron chi connectivity index (χ4n) is 0.0408. The maximum Gasteiger partial charge on any atom is 0.0643 e. The van der Waals surface area contributed by atoms with Crippen LogP contribution < -0.4 is 10.3 Å². The smallest absolute Gasteiger partial charge is 0.0643 e. The molecular formula is C2H8N4S. The fourth-order valence-corrected chi connectivity index (χ4v) is 0.122. The lowest BCUT2D eigenvalue weighted by atomic mass is 11.8. The molecular weight excluding hydrogens is 112 g/mol. The van der Waals surface area contributed by atoms with Gasteiger partial charge in [-0.15, -0.1) is 0 Å². The summed E-state index contributed by atoms with van der Waals surface area (Å²) >= 11 is 0. The van der Waals surface area contributed by atoms with E-state index in [-0.39, 0.29) is 0 Å². The van der Waals surface area contributed by atoms with Gasteiger partial charge in [0.05, 0.1) is 10.8 Å². The predicted molar refractivity (Wildman–Crippen MR) is 35.1 cm³/mol. The maximum atomic E-state index is 5.12. The van der Waals surface area contributed by atoms with E-state index in [0.29, 0.717) is 0 Å². The first-order valence-corrected chi connectivity index (χ1v) is 3.14. The van der Waals surface area contributed by atoms with Crippen LogP contribution in [0.4, 0.5) is 0 Å². The molecule has 7 heavy (non-hydrogen) atoms. The van der Waals surface area contributed by atoms with Crippen molar-refractivity contribution in [2.75, 3.05) is 0 Å². The molecule has 42 valence electrons. The largest absolute Gasteiger partial charge is 0.249 e. The van der Waals surface area contributed by atoms with Crippen LogP contribution in [0, 0.1) is 0 Å². The molecule has 0 rings (SSSR count). The summed E-state index contributed by atoms with van der Waals surface area (Å²) in [5, 5.41) is 10.2. The van der Waals surface area contributed by atoms with Gasteiger partial charge in [-0.25, -0.2) is 19.1 Å². The van der Waals surface area contributed by atoms with Crippen molar-refractivity contribution in [3.8, 4) is 0 Å². The van der Waals surface area contributed by atoms with Crippen LogP contribution in [0.2, 0.25) is 0 Å². The minimum absolute atomic E-state index is 2.13. The van der Waals surface area contributed by atoms with Crippen LogP contribution in [-0.4, -0.2) is 13.4 Å². The molecule has 4 nitrogen and oxygen atoms in total. The third kappa shape index (κ3) is 2.32. The molecule has 0 bridgehead atoms. The Kier molecular flexibility index (Phi) is 1.94. The molecule has 0 spiro atoms. The second kappa shape index (κ2) is 2.06. The van der Waals surface area contributed by atoms with Crippen molar-refractivity contribution in [1.82, 2.24) is 0 Å². The first kappa shape index (κ1) is 6.61. The number of rotatable bonds is 2. The highest BCUT2D eigenvalue weighted by Crippen LogP contribution is 2.30. The maximum absolute atomic E-state index is 5.12. The van der Waals surface area contributed by atoms with E-state index in [9.17, 15) is 0 Å². The zero-order valence-electron chi connectivity index (χ0n) is 3.87. The molecule has 4 N–H and O–H groups in total. The molecule has 0 heterocycles. The van der Waals surface area contributed by atoms with Gasteiger partial charge in [0.15, 0.2) is 0 Å². The van der Waals surface area contributed by atoms with E-state index in [1.165, 1.54) is 0 Å². The monoisotopic (exact) mass is 120 g/mol. The van der Waals surface area contributed by atoms with Gasteiger partial charge in [-0.2, -0.15) is 0 Å². The third-order valence-electron chi connectivity index (χ3n) is 0.414. The van der Waals surface area contributed by atoms with Crippen LogP contribution in [-0.2, 0) is 0 Å². The molecule has 0 aliphatic rings. The molecule has 0 aromatic carbocycles. The molecule has 0 atom stereocenters. The van der Waals surface area contributed by atoms with E-state index >= 15 is 0 Å². The molecule has 0 aliphatic heterocycles. The van der Waals surface area contributed by atoms with Crippen LogP contribution in [0.25, 0.3) is 0 Å². The zero-order chi connectivity index (χ0) is 5.91. The summed E-state index contributed by atoms with van der Waals surface area (Å²) in [5.41, 5.74) is 0. The number of hydrogen-bond donors (Lipinski definition) is 2. The van der Waals surface area contributed by atoms with Crippen molar-refractivity contribution in [2.45, 2.75) is 0 Å². The van der Waals surface area contributed by atoms with Gasteiger partial charge in [-0.3, -0.25) is 0 Å². The van der Waals surface area contributed by atoms with Gasteiger partial charge in [0.25, 0.3) is 0 Å². The Morgan fingerprint density at radius 3 is 1.43 bits per heavy atom. The highest BCUT2D eigenvalue weighted by atomic mass is 32.3. The Morgan fingerprint density at radius 1 is 1.14 bits per heavy atom. The molecule has 0 fully saturated rings. The van der Waals surface area contributed by atoms with Crippen molar-refractivity contribution >= 4 is 24.2 Å². The second-order valence-corrected chi connectivity index (χ2v) is 2.69. The summed E-state index contributed by atoms with van der Waals surface area (Å²) in [6.45, 7) is 6.21. The van der Waals surface area contributed by atoms with Crippen LogP contribution >= 0.6 is 10.8 Å². The molecule has 0 saturated carbocycles. The summed E-state index contributed by atoms with van der Waals surface area (Å²) in [7, 11) is -2.13. The topological polar surface area (TPSA) is 76.8 Å². The average molecular weight is 120 g/mol. The van der Waals surface area contributed by atoms with Crippen molar-refractivity contribution in [2.24, 2.45) is 19.1 Å². The minimum Gasteiger partial charge on any atom is -0.249 e. The second-order valence-electron chi connectivity index (χ2n) is 0.898. The molecule has 0 aromatic heterocycles. The van der Waals surface area contributed by atoms with Gasteiger partial charge in [0.1, 0.15) is 0 Å². The predicted octanol–water partition coefficient (Wildman–Crippen LogP) is -0.230. The number of nitrogens with zero attached hydrogens (tertiary/aromatic N) is 2. The molecule has 0 aliphatic carbocycles. The first-order valence-electron chi connectivity index (χ1n) is 1.47. The summed E-state index contributed by atoms with van der Waals surface area (Å²) in [4.78, 5) is 0. The standard InChI is InChI=1S/C2H8N4S/c1-5-7(3,4)6-2/h1-4H2. The number of nitrogens with two attached hydrogens (primary N) is 2. The van der Waals surface area contributed by atoms with Crippen molar-refractivity contribution in [3.63, 3.8) is 0 Å². The molecule has 0 amide bonds. The van der Waals surface area contributed by atoms with Gasteiger partial charge >= 0.3 is 0 Å². The van der Waals surface area contributed by atoms with Crippen molar-refractivity contribution in [1.29, 1.82) is 0 Å². The van der Waals surface area contributed by atoms with E-state index in [2.05, 4.69) is 22.2 Å². The van der Waals surface area contributed by atoms with E-state index < -0.39 is 10.8 Å². The highest BCUT2D eigenvalue weighted by molar-refractivity contribution is 8.28. The quantitative estimate of drug-likeness (QED) is 0.494. The van der Waals surface area contributed by atoms with Crippen molar-refractivity contribution in [3.05, 3.63) is 0 Å². The number of hydrogen-bond acceptors (Lipinski definition) is 4. The van der Waals surface area contributed by atoms with Gasteiger partial charge in [-0.1, -0.05) is 0 Å². The molecule has 0 radical (unpaired) electrons. The average Bonchev–Trinajstić information content (AvgIpc) is 1.68. The fraction of sp³-hybridized carbons (Fsp3) is 0. The Labute approximate surface area is 44.2 Å². The Hall–Kier alpha value is -0.390. The summed E-state index contributed by atoms with van der Waals surface area (Å²) in [6.07, 6.45) is 0. The van der Waals surface area contributed by atoms with Gasteiger partial charge in [-0.05, 0) is 0 Å². The van der Waals surface area contributed by atoms with E-state index in [1.807, 2.05) is 0 Å². The van der Waals surface area contributed by atoms with Crippen LogP contribution in [0.15, 0.2) is 8.80 Å². The van der Waals surface area contributed by atoms with Crippen LogP contribution in [0.1, 0.15) is 0 Å². The summed E-state index contributed by atoms with van der Waals surface area (Å²) < 4.78 is 6.60. The molecule has 0 aromatic rings. The Balaban J connectivity index is 3.82. The third-order valence-corrected chi connectivity index (χ3v) is 1.24. The van der Waals surface area contributed by atoms with Gasteiger partial charge in [0, 0.05) is 13.4 Å². The summed E-state index contributed by atoms with van der Waals surface area (Å²) in [6, 6.07) is 0. The zero-order valence-corrected chi connectivity index (χ0v) is 4.69. The molecule has 5 heteroatoms. The molecule has 0 saturated heterocycles.